The van der Waals surface area contributed by atoms with Crippen molar-refractivity contribution in [1.29, 1.82) is 0 Å². The number of esters is 1. The van der Waals surface area contributed by atoms with E-state index in [4.69, 9.17) is 18.9 Å². The third-order valence-corrected chi connectivity index (χ3v) is 5.06. The lowest BCUT2D eigenvalue weighted by molar-refractivity contribution is -0.135. The lowest BCUT2D eigenvalue weighted by atomic mass is 9.81. The number of hydrogen-bond acceptors (Lipinski definition) is 5. The Labute approximate surface area is 153 Å². The number of carbonyl (C=O) groups is 1. The molecule has 0 radical (unpaired) electrons. The van der Waals surface area contributed by atoms with E-state index < -0.39 is 0 Å². The van der Waals surface area contributed by atoms with Crippen molar-refractivity contribution in [3.63, 3.8) is 0 Å². The molecule has 0 amide bonds. The van der Waals surface area contributed by atoms with Gasteiger partial charge in [-0.3, -0.25) is 4.79 Å². The SMILES string of the molecule is COc1cc([C@@H]2CC(=O)Oc3c(C)c(C)cc(C)c32)cc(OC)c1OC. The molecule has 0 saturated carbocycles. The van der Waals surface area contributed by atoms with Gasteiger partial charge in [-0.15, -0.1) is 0 Å². The molecule has 5 nitrogen and oxygen atoms in total. The van der Waals surface area contributed by atoms with Crippen molar-refractivity contribution in [1.82, 2.24) is 0 Å². The van der Waals surface area contributed by atoms with Crippen molar-refractivity contribution in [2.75, 3.05) is 21.3 Å². The first-order chi connectivity index (χ1) is 12.4. The van der Waals surface area contributed by atoms with Gasteiger partial charge in [0.2, 0.25) is 5.75 Å². The molecule has 0 bridgehead atoms. The number of benzene rings is 2. The number of methoxy groups -OCH3 is 3. The average Bonchev–Trinajstić information content (AvgIpc) is 2.63. The van der Waals surface area contributed by atoms with Crippen LogP contribution in [0.4, 0.5) is 0 Å². The maximum absolute atomic E-state index is 12.3. The van der Waals surface area contributed by atoms with Crippen LogP contribution in [0.2, 0.25) is 0 Å². The van der Waals surface area contributed by atoms with E-state index >= 15 is 0 Å². The molecule has 1 heterocycles. The van der Waals surface area contributed by atoms with Gasteiger partial charge >= 0.3 is 5.97 Å². The van der Waals surface area contributed by atoms with E-state index in [1.807, 2.05) is 26.0 Å². The summed E-state index contributed by atoms with van der Waals surface area (Å²) in [6.07, 6.45) is 0.273. The van der Waals surface area contributed by atoms with E-state index in [-0.39, 0.29) is 18.3 Å². The summed E-state index contributed by atoms with van der Waals surface area (Å²) in [4.78, 5) is 12.3. The molecular formula is C21H24O5. The first kappa shape index (κ1) is 18.1. The fraction of sp³-hybridized carbons (Fsp3) is 0.381. The smallest absolute Gasteiger partial charge is 0.312 e. The minimum absolute atomic E-state index is 0.126. The molecule has 0 fully saturated rings. The van der Waals surface area contributed by atoms with Gasteiger partial charge in [-0.2, -0.15) is 0 Å². The van der Waals surface area contributed by atoms with Crippen LogP contribution in [0, 0.1) is 20.8 Å². The predicted molar refractivity (Wildman–Crippen MR) is 98.8 cm³/mol. The molecule has 0 unspecified atom stereocenters. The Morgan fingerprint density at radius 2 is 1.54 bits per heavy atom. The zero-order chi connectivity index (χ0) is 19.0. The van der Waals surface area contributed by atoms with E-state index in [0.29, 0.717) is 23.0 Å². The zero-order valence-corrected chi connectivity index (χ0v) is 16.1. The molecule has 0 aliphatic carbocycles. The Kier molecular flexibility index (Phi) is 4.81. The van der Waals surface area contributed by atoms with Crippen LogP contribution in [-0.2, 0) is 4.79 Å². The minimum atomic E-state index is -0.232. The summed E-state index contributed by atoms with van der Waals surface area (Å²) in [6, 6.07) is 5.95. The Bertz CT molecular complexity index is 844. The number of aryl methyl sites for hydroxylation is 2. The molecule has 2 aromatic carbocycles. The molecule has 1 aliphatic rings. The molecule has 1 aliphatic heterocycles. The summed E-state index contributed by atoms with van der Waals surface area (Å²) < 4.78 is 22.0. The second kappa shape index (κ2) is 6.90. The first-order valence-corrected chi connectivity index (χ1v) is 8.52. The highest BCUT2D eigenvalue weighted by Gasteiger charge is 2.33. The predicted octanol–water partition coefficient (Wildman–Crippen LogP) is 4.08. The van der Waals surface area contributed by atoms with Gasteiger partial charge in [-0.25, -0.2) is 0 Å². The first-order valence-electron chi connectivity index (χ1n) is 8.52. The lowest BCUT2D eigenvalue weighted by Gasteiger charge is -2.29. The second-order valence-electron chi connectivity index (χ2n) is 6.57. The quantitative estimate of drug-likeness (QED) is 0.610. The molecule has 1 atom stereocenters. The van der Waals surface area contributed by atoms with Crippen LogP contribution in [0.25, 0.3) is 0 Å². The van der Waals surface area contributed by atoms with Gasteiger partial charge in [0.05, 0.1) is 27.8 Å². The van der Waals surface area contributed by atoms with Gasteiger partial charge in [0, 0.05) is 11.5 Å². The fourth-order valence-electron chi connectivity index (χ4n) is 3.65. The number of hydrogen-bond donors (Lipinski definition) is 0. The number of fused-ring (bicyclic) bond motifs is 1. The van der Waals surface area contributed by atoms with E-state index in [1.54, 1.807) is 21.3 Å². The minimum Gasteiger partial charge on any atom is -0.493 e. The van der Waals surface area contributed by atoms with Gasteiger partial charge < -0.3 is 18.9 Å². The van der Waals surface area contributed by atoms with E-state index in [9.17, 15) is 4.79 Å². The van der Waals surface area contributed by atoms with Gasteiger partial charge in [-0.1, -0.05) is 6.07 Å². The van der Waals surface area contributed by atoms with E-state index in [0.717, 1.165) is 27.8 Å². The van der Waals surface area contributed by atoms with Gasteiger partial charge in [0.1, 0.15) is 5.75 Å². The summed E-state index contributed by atoms with van der Waals surface area (Å²) in [7, 11) is 4.75. The molecule has 0 aromatic heterocycles. The van der Waals surface area contributed by atoms with Crippen molar-refractivity contribution in [2.24, 2.45) is 0 Å². The Morgan fingerprint density at radius 1 is 0.923 bits per heavy atom. The summed E-state index contributed by atoms with van der Waals surface area (Å²) >= 11 is 0. The number of ether oxygens (including phenoxy) is 4. The molecule has 26 heavy (non-hydrogen) atoms. The highest BCUT2D eigenvalue weighted by Crippen LogP contribution is 2.47. The fourth-order valence-corrected chi connectivity index (χ4v) is 3.65. The third-order valence-electron chi connectivity index (χ3n) is 5.06. The maximum Gasteiger partial charge on any atom is 0.312 e. The van der Waals surface area contributed by atoms with Crippen LogP contribution in [0.1, 0.15) is 40.2 Å². The zero-order valence-electron chi connectivity index (χ0n) is 16.1. The maximum atomic E-state index is 12.3. The molecule has 5 heteroatoms. The summed E-state index contributed by atoms with van der Waals surface area (Å²) in [5, 5.41) is 0. The summed E-state index contributed by atoms with van der Waals surface area (Å²) in [5.74, 6) is 2.00. The highest BCUT2D eigenvalue weighted by atomic mass is 16.5. The highest BCUT2D eigenvalue weighted by molar-refractivity contribution is 5.79. The van der Waals surface area contributed by atoms with E-state index in [2.05, 4.69) is 13.0 Å². The van der Waals surface area contributed by atoms with Gasteiger partial charge in [-0.05, 0) is 55.2 Å². The number of carbonyl (C=O) groups excluding carboxylic acids is 1. The normalized spacial score (nSPS) is 15.9. The van der Waals surface area contributed by atoms with Crippen LogP contribution in [0.3, 0.4) is 0 Å². The average molecular weight is 356 g/mol. The monoisotopic (exact) mass is 356 g/mol. The van der Waals surface area contributed by atoms with Crippen LogP contribution in [0.15, 0.2) is 18.2 Å². The summed E-state index contributed by atoms with van der Waals surface area (Å²) in [5.41, 5.74) is 5.19. The van der Waals surface area contributed by atoms with E-state index in [1.165, 1.54) is 0 Å². The largest absolute Gasteiger partial charge is 0.493 e. The van der Waals surface area contributed by atoms with Crippen LogP contribution in [-0.4, -0.2) is 27.3 Å². The van der Waals surface area contributed by atoms with Gasteiger partial charge in [0.25, 0.3) is 0 Å². The second-order valence-corrected chi connectivity index (χ2v) is 6.57. The molecular weight excluding hydrogens is 332 g/mol. The molecule has 0 spiro atoms. The Hall–Kier alpha value is -2.69. The Balaban J connectivity index is 2.23. The lowest BCUT2D eigenvalue weighted by Crippen LogP contribution is -2.23. The van der Waals surface area contributed by atoms with Gasteiger partial charge in [0.15, 0.2) is 11.5 Å². The standard InChI is InChI=1S/C21H24O5/c1-11-7-12(2)19-15(10-18(22)26-20(19)13(11)3)14-8-16(23-4)21(25-6)17(9-14)24-5/h7-9,15H,10H2,1-6H3/t15-/m0/s1. The topological polar surface area (TPSA) is 54.0 Å². The van der Waals surface area contributed by atoms with Crippen molar-refractivity contribution in [3.8, 4) is 23.0 Å². The van der Waals surface area contributed by atoms with Crippen molar-refractivity contribution < 1.29 is 23.7 Å². The molecule has 138 valence electrons. The van der Waals surface area contributed by atoms with Crippen molar-refractivity contribution >= 4 is 5.97 Å². The molecule has 3 rings (SSSR count). The van der Waals surface area contributed by atoms with Crippen molar-refractivity contribution in [3.05, 3.63) is 46.0 Å². The molecule has 0 N–H and O–H groups in total. The number of rotatable bonds is 4. The van der Waals surface area contributed by atoms with Crippen molar-refractivity contribution in [2.45, 2.75) is 33.1 Å². The molecule has 2 aromatic rings. The summed E-state index contributed by atoms with van der Waals surface area (Å²) in [6.45, 7) is 6.06. The van der Waals surface area contributed by atoms with Crippen LogP contribution in [0.5, 0.6) is 23.0 Å². The van der Waals surface area contributed by atoms with Crippen LogP contribution >= 0.6 is 0 Å². The molecule has 0 saturated heterocycles. The van der Waals surface area contributed by atoms with Crippen LogP contribution < -0.4 is 18.9 Å². The third kappa shape index (κ3) is 2.87. The Morgan fingerprint density at radius 3 is 2.08 bits per heavy atom.